The summed E-state index contributed by atoms with van der Waals surface area (Å²) < 4.78 is 38.8. The van der Waals surface area contributed by atoms with E-state index in [0.717, 1.165) is 37.2 Å². The van der Waals surface area contributed by atoms with E-state index in [0.29, 0.717) is 12.3 Å². The summed E-state index contributed by atoms with van der Waals surface area (Å²) in [7, 11) is 0. The van der Waals surface area contributed by atoms with Crippen molar-refractivity contribution in [1.29, 1.82) is 5.26 Å². The van der Waals surface area contributed by atoms with E-state index >= 15 is 0 Å². The smallest absolute Gasteiger partial charge is 0.196 e. The van der Waals surface area contributed by atoms with Crippen molar-refractivity contribution in [3.8, 4) is 6.07 Å². The number of allylic oxidation sites excluding steroid dienone is 2. The molecule has 1 aromatic rings. The first-order valence-electron chi connectivity index (χ1n) is 9.28. The molecule has 0 spiro atoms. The molecule has 4 heteroatoms. The normalized spacial score (nSPS) is 21.1. The lowest BCUT2D eigenvalue weighted by atomic mass is 9.78. The van der Waals surface area contributed by atoms with E-state index in [4.69, 9.17) is 5.26 Å². The predicted molar refractivity (Wildman–Crippen MR) is 93.4 cm³/mol. The van der Waals surface area contributed by atoms with Crippen LogP contribution < -0.4 is 0 Å². The van der Waals surface area contributed by atoms with Crippen molar-refractivity contribution in [2.45, 2.75) is 64.2 Å². The van der Waals surface area contributed by atoms with E-state index in [1.165, 1.54) is 56.4 Å². The van der Waals surface area contributed by atoms with Gasteiger partial charge < -0.3 is 0 Å². The Kier molecular flexibility index (Phi) is 8.04. The van der Waals surface area contributed by atoms with Crippen molar-refractivity contribution in [3.63, 3.8) is 0 Å². The lowest BCUT2D eigenvalue weighted by Gasteiger charge is -2.28. The zero-order valence-corrected chi connectivity index (χ0v) is 14.6. The largest absolute Gasteiger partial charge is 0.204 e. The summed E-state index contributed by atoms with van der Waals surface area (Å²) >= 11 is 0. The van der Waals surface area contributed by atoms with Crippen molar-refractivity contribution in [3.05, 3.63) is 47.3 Å². The van der Waals surface area contributed by atoms with Crippen LogP contribution in [-0.4, -0.2) is 0 Å². The van der Waals surface area contributed by atoms with Gasteiger partial charge in [0.2, 0.25) is 0 Å². The molecule has 0 amide bonds. The van der Waals surface area contributed by atoms with Crippen molar-refractivity contribution in [1.82, 2.24) is 0 Å². The molecule has 0 unspecified atom stereocenters. The van der Waals surface area contributed by atoms with E-state index in [1.54, 1.807) is 6.07 Å². The van der Waals surface area contributed by atoms with Crippen LogP contribution in [0.5, 0.6) is 0 Å². The van der Waals surface area contributed by atoms with Gasteiger partial charge >= 0.3 is 0 Å². The van der Waals surface area contributed by atoms with Crippen LogP contribution in [0.3, 0.4) is 0 Å². The maximum absolute atomic E-state index is 13.2. The summed E-state index contributed by atoms with van der Waals surface area (Å²) in [5, 5.41) is 8.38. The highest BCUT2D eigenvalue weighted by molar-refractivity contribution is 5.17. The number of hydrogen-bond donors (Lipinski definition) is 0. The lowest BCUT2D eigenvalue weighted by Crippen LogP contribution is -2.14. The minimum absolute atomic E-state index is 0.654. The SMILES string of the molecule is N#CC(F)=CCCC1CCC(CCCCc2ccc(F)c(F)c2)CC1. The highest BCUT2D eigenvalue weighted by atomic mass is 19.2. The molecule has 0 heterocycles. The minimum Gasteiger partial charge on any atom is -0.204 e. The summed E-state index contributed by atoms with van der Waals surface area (Å²) in [4.78, 5) is 0. The number of nitrogens with zero attached hydrogens (tertiary/aromatic N) is 1. The van der Waals surface area contributed by atoms with Crippen LogP contribution in [0.15, 0.2) is 30.1 Å². The maximum Gasteiger partial charge on any atom is 0.196 e. The van der Waals surface area contributed by atoms with Gasteiger partial charge in [-0.2, -0.15) is 9.65 Å². The van der Waals surface area contributed by atoms with Crippen LogP contribution in [0.1, 0.15) is 63.4 Å². The van der Waals surface area contributed by atoms with E-state index in [9.17, 15) is 13.2 Å². The molecule has 0 aliphatic heterocycles. The Balaban J connectivity index is 1.58. The standard InChI is InChI=1S/C21H26F3N/c22-19(15-25)7-3-6-17-10-8-16(9-11-17)4-1-2-5-18-12-13-20(23)21(24)14-18/h7,12-14,16-17H,1-6,8-11H2. The van der Waals surface area contributed by atoms with Gasteiger partial charge in [-0.3, -0.25) is 0 Å². The molecule has 0 bridgehead atoms. The molecule has 0 atom stereocenters. The summed E-state index contributed by atoms with van der Waals surface area (Å²) in [6.45, 7) is 0. The average Bonchev–Trinajstić information content (AvgIpc) is 2.62. The predicted octanol–water partition coefficient (Wildman–Crippen LogP) is 6.64. The zero-order chi connectivity index (χ0) is 18.1. The van der Waals surface area contributed by atoms with Gasteiger partial charge in [0.05, 0.1) is 0 Å². The third kappa shape index (κ3) is 6.94. The summed E-state index contributed by atoms with van der Waals surface area (Å²) in [5.41, 5.74) is 0.861. The zero-order valence-electron chi connectivity index (χ0n) is 14.6. The van der Waals surface area contributed by atoms with Crippen LogP contribution >= 0.6 is 0 Å². The van der Waals surface area contributed by atoms with Crippen LogP contribution in [0.25, 0.3) is 0 Å². The molecule has 1 aromatic carbocycles. The fourth-order valence-corrected chi connectivity index (χ4v) is 3.76. The van der Waals surface area contributed by atoms with Gasteiger partial charge in [0.1, 0.15) is 6.07 Å². The number of hydrogen-bond acceptors (Lipinski definition) is 1. The summed E-state index contributed by atoms with van der Waals surface area (Å²) in [6.07, 6.45) is 12.0. The van der Waals surface area contributed by atoms with Gasteiger partial charge in [0.25, 0.3) is 0 Å². The van der Waals surface area contributed by atoms with Crippen LogP contribution in [0, 0.1) is 34.8 Å². The highest BCUT2D eigenvalue weighted by Crippen LogP contribution is 2.34. The quantitative estimate of drug-likeness (QED) is 0.381. The Morgan fingerprint density at radius 1 is 1.04 bits per heavy atom. The van der Waals surface area contributed by atoms with Gasteiger partial charge in [-0.05, 0) is 61.3 Å². The summed E-state index contributed by atoms with van der Waals surface area (Å²) in [6, 6.07) is 5.66. The average molecular weight is 349 g/mol. The molecule has 0 radical (unpaired) electrons. The van der Waals surface area contributed by atoms with E-state index in [-0.39, 0.29) is 0 Å². The fourth-order valence-electron chi connectivity index (χ4n) is 3.76. The van der Waals surface area contributed by atoms with Crippen molar-refractivity contribution < 1.29 is 13.2 Å². The second-order valence-corrected chi connectivity index (χ2v) is 7.12. The monoisotopic (exact) mass is 349 g/mol. The van der Waals surface area contributed by atoms with Crippen molar-refractivity contribution >= 4 is 0 Å². The van der Waals surface area contributed by atoms with Gasteiger partial charge in [0.15, 0.2) is 17.5 Å². The number of rotatable bonds is 8. The number of benzene rings is 1. The highest BCUT2D eigenvalue weighted by Gasteiger charge is 2.20. The van der Waals surface area contributed by atoms with Gasteiger partial charge in [0, 0.05) is 0 Å². The molecule has 1 aliphatic rings. The third-order valence-electron chi connectivity index (χ3n) is 5.28. The Hall–Kier alpha value is -1.76. The number of unbranched alkanes of at least 4 members (excludes halogenated alkanes) is 1. The van der Waals surface area contributed by atoms with Crippen LogP contribution in [0.4, 0.5) is 13.2 Å². The molecule has 0 saturated heterocycles. The maximum atomic E-state index is 13.2. The molecule has 1 fully saturated rings. The molecule has 2 rings (SSSR count). The number of aryl methyl sites for hydroxylation is 1. The van der Waals surface area contributed by atoms with Crippen molar-refractivity contribution in [2.75, 3.05) is 0 Å². The van der Waals surface area contributed by atoms with Crippen LogP contribution in [-0.2, 0) is 6.42 Å². The van der Waals surface area contributed by atoms with Gasteiger partial charge in [-0.25, -0.2) is 8.78 Å². The Morgan fingerprint density at radius 3 is 2.36 bits per heavy atom. The Bertz CT molecular complexity index is 610. The second kappa shape index (κ2) is 10.3. The first kappa shape index (κ1) is 19.6. The molecule has 1 saturated carbocycles. The lowest BCUT2D eigenvalue weighted by molar-refractivity contribution is 0.250. The topological polar surface area (TPSA) is 23.8 Å². The minimum atomic E-state index is -0.786. The Labute approximate surface area is 148 Å². The van der Waals surface area contributed by atoms with Gasteiger partial charge in [-0.1, -0.05) is 44.6 Å². The first-order valence-corrected chi connectivity index (χ1v) is 9.28. The molecule has 25 heavy (non-hydrogen) atoms. The number of halogens is 3. The second-order valence-electron chi connectivity index (χ2n) is 7.12. The first-order chi connectivity index (χ1) is 12.1. The molecule has 0 N–H and O–H groups in total. The van der Waals surface area contributed by atoms with E-state index in [1.807, 2.05) is 0 Å². The van der Waals surface area contributed by atoms with Crippen molar-refractivity contribution in [2.24, 2.45) is 11.8 Å². The molecule has 136 valence electrons. The van der Waals surface area contributed by atoms with E-state index < -0.39 is 17.5 Å². The molecular formula is C21H26F3N. The molecule has 1 nitrogen and oxygen atoms in total. The summed E-state index contributed by atoms with van der Waals surface area (Å²) in [5.74, 6) is -0.810. The van der Waals surface area contributed by atoms with Crippen LogP contribution in [0.2, 0.25) is 0 Å². The number of nitriles is 1. The fraction of sp³-hybridized carbons (Fsp3) is 0.571. The Morgan fingerprint density at radius 2 is 1.72 bits per heavy atom. The third-order valence-corrected chi connectivity index (χ3v) is 5.28. The molecular weight excluding hydrogens is 323 g/mol. The van der Waals surface area contributed by atoms with Gasteiger partial charge in [-0.15, -0.1) is 0 Å². The molecule has 0 aromatic heterocycles. The van der Waals surface area contributed by atoms with E-state index in [2.05, 4.69) is 0 Å². The molecule has 1 aliphatic carbocycles.